The summed E-state index contributed by atoms with van der Waals surface area (Å²) in [6, 6.07) is 4.02. The summed E-state index contributed by atoms with van der Waals surface area (Å²) in [4.78, 5) is 32.8. The third kappa shape index (κ3) is 4.23. The van der Waals surface area contributed by atoms with Gasteiger partial charge < -0.3 is 10.4 Å². The van der Waals surface area contributed by atoms with Crippen LogP contribution in [0.3, 0.4) is 0 Å². The van der Waals surface area contributed by atoms with Crippen LogP contribution in [0.25, 0.3) is 0 Å². The molecule has 20 heavy (non-hydrogen) atoms. The van der Waals surface area contributed by atoms with E-state index in [1.807, 2.05) is 0 Å². The van der Waals surface area contributed by atoms with Crippen molar-refractivity contribution in [3.05, 3.63) is 33.9 Å². The van der Waals surface area contributed by atoms with Crippen LogP contribution in [0, 0.1) is 10.1 Å². The summed E-state index contributed by atoms with van der Waals surface area (Å²) in [5, 5.41) is 21.8. The molecule has 1 atom stereocenters. The molecule has 0 fully saturated rings. The molecule has 0 aliphatic carbocycles. The fraction of sp³-hybridized carbons (Fsp3) is 0.333. The molecule has 2 N–H and O–H groups in total. The number of amides is 1. The molecule has 0 aromatic heterocycles. The number of nitrogens with one attached hydrogen (secondary N) is 1. The maximum Gasteiger partial charge on any atom is 0.304 e. The first-order valence-corrected chi connectivity index (χ1v) is 6.62. The number of carboxylic acid groups (broad SMARTS) is 1. The van der Waals surface area contributed by atoms with Crippen molar-refractivity contribution in [1.29, 1.82) is 0 Å². The SMILES string of the molecule is CNC(=O)c1ccc([N+](=O)[O-])c(SC(C)CC(=O)O)c1. The molecule has 1 aromatic rings. The average Bonchev–Trinajstić information content (AvgIpc) is 2.36. The second-order valence-corrected chi connectivity index (χ2v) is 5.53. The molecule has 7 nitrogen and oxygen atoms in total. The topological polar surface area (TPSA) is 110 Å². The second kappa shape index (κ2) is 6.90. The molecule has 0 aliphatic rings. The fourth-order valence-electron chi connectivity index (χ4n) is 1.55. The molecule has 0 spiro atoms. The Morgan fingerprint density at radius 1 is 1.50 bits per heavy atom. The van der Waals surface area contributed by atoms with Gasteiger partial charge in [-0.05, 0) is 12.1 Å². The van der Waals surface area contributed by atoms with Crippen LogP contribution in [0.1, 0.15) is 23.7 Å². The first-order valence-electron chi connectivity index (χ1n) is 5.74. The lowest BCUT2D eigenvalue weighted by Gasteiger charge is -2.10. The second-order valence-electron chi connectivity index (χ2n) is 4.05. The minimum atomic E-state index is -0.977. The molecule has 0 radical (unpaired) electrons. The van der Waals surface area contributed by atoms with Crippen LogP contribution in [-0.2, 0) is 4.79 Å². The maximum absolute atomic E-state index is 11.5. The minimum absolute atomic E-state index is 0.119. The van der Waals surface area contributed by atoms with Crippen molar-refractivity contribution < 1.29 is 19.6 Å². The summed E-state index contributed by atoms with van der Waals surface area (Å²) < 4.78 is 0. The zero-order valence-electron chi connectivity index (χ0n) is 11.0. The third-order valence-corrected chi connectivity index (χ3v) is 3.59. The van der Waals surface area contributed by atoms with Gasteiger partial charge in [-0.1, -0.05) is 6.92 Å². The van der Waals surface area contributed by atoms with Crippen LogP contribution in [0.15, 0.2) is 23.1 Å². The van der Waals surface area contributed by atoms with Crippen LogP contribution >= 0.6 is 11.8 Å². The fourth-order valence-corrected chi connectivity index (χ4v) is 2.67. The predicted molar refractivity (Wildman–Crippen MR) is 74.1 cm³/mol. The van der Waals surface area contributed by atoms with Gasteiger partial charge >= 0.3 is 5.97 Å². The van der Waals surface area contributed by atoms with E-state index >= 15 is 0 Å². The minimum Gasteiger partial charge on any atom is -0.481 e. The number of aliphatic carboxylic acids is 1. The number of hydrogen-bond acceptors (Lipinski definition) is 5. The van der Waals surface area contributed by atoms with E-state index in [1.165, 1.54) is 25.2 Å². The Hall–Kier alpha value is -2.09. The number of rotatable bonds is 6. The molecule has 0 saturated carbocycles. The molecule has 108 valence electrons. The van der Waals surface area contributed by atoms with E-state index in [0.717, 1.165) is 11.8 Å². The van der Waals surface area contributed by atoms with Gasteiger partial charge in [0.1, 0.15) is 0 Å². The van der Waals surface area contributed by atoms with Crippen molar-refractivity contribution >= 4 is 29.3 Å². The van der Waals surface area contributed by atoms with E-state index in [1.54, 1.807) is 6.92 Å². The van der Waals surface area contributed by atoms with E-state index in [0.29, 0.717) is 5.56 Å². The van der Waals surface area contributed by atoms with Gasteiger partial charge in [0.15, 0.2) is 0 Å². The molecule has 1 aromatic carbocycles. The largest absolute Gasteiger partial charge is 0.481 e. The number of nitro benzene ring substituents is 1. The molecular weight excluding hydrogens is 284 g/mol. The smallest absolute Gasteiger partial charge is 0.304 e. The molecule has 0 bridgehead atoms. The Labute approximate surface area is 119 Å². The summed E-state index contributed by atoms with van der Waals surface area (Å²) in [5.74, 6) is -1.33. The van der Waals surface area contributed by atoms with Crippen LogP contribution in [-0.4, -0.2) is 34.2 Å². The standard InChI is InChI=1S/C12H14N2O5S/c1-7(5-11(15)16)20-10-6-8(12(17)13-2)3-4-9(10)14(18)19/h3-4,6-7H,5H2,1-2H3,(H,13,17)(H,15,16). The summed E-state index contributed by atoms with van der Waals surface area (Å²) in [6.07, 6.45) is -0.119. The van der Waals surface area contributed by atoms with Crippen LogP contribution in [0.4, 0.5) is 5.69 Å². The van der Waals surface area contributed by atoms with E-state index in [9.17, 15) is 19.7 Å². The van der Waals surface area contributed by atoms with Gasteiger partial charge in [0.2, 0.25) is 0 Å². The number of carbonyl (C=O) groups excluding carboxylic acids is 1. The van der Waals surface area contributed by atoms with E-state index in [2.05, 4.69) is 5.32 Å². The normalized spacial score (nSPS) is 11.7. The van der Waals surface area contributed by atoms with E-state index in [-0.39, 0.29) is 28.2 Å². The Balaban J connectivity index is 3.08. The zero-order valence-corrected chi connectivity index (χ0v) is 11.8. The summed E-state index contributed by atoms with van der Waals surface area (Å²) in [7, 11) is 1.46. The quantitative estimate of drug-likeness (QED) is 0.471. The van der Waals surface area contributed by atoms with Gasteiger partial charge in [-0.25, -0.2) is 0 Å². The Morgan fingerprint density at radius 2 is 2.15 bits per heavy atom. The first-order chi connectivity index (χ1) is 9.35. The maximum atomic E-state index is 11.5. The van der Waals surface area contributed by atoms with Crippen molar-refractivity contribution in [2.24, 2.45) is 0 Å². The monoisotopic (exact) mass is 298 g/mol. The summed E-state index contributed by atoms with van der Waals surface area (Å²) in [5.41, 5.74) is 0.156. The number of thioether (sulfide) groups is 1. The molecular formula is C12H14N2O5S. The van der Waals surface area contributed by atoms with Crippen molar-refractivity contribution in [2.45, 2.75) is 23.5 Å². The lowest BCUT2D eigenvalue weighted by molar-refractivity contribution is -0.387. The Kier molecular flexibility index (Phi) is 5.51. The molecule has 0 heterocycles. The molecule has 1 unspecified atom stereocenters. The molecule has 1 amide bonds. The number of benzene rings is 1. The van der Waals surface area contributed by atoms with Crippen molar-refractivity contribution in [2.75, 3.05) is 7.05 Å². The summed E-state index contributed by atoms with van der Waals surface area (Å²) in [6.45, 7) is 1.66. The molecule has 0 saturated heterocycles. The summed E-state index contributed by atoms with van der Waals surface area (Å²) >= 11 is 1.07. The van der Waals surface area contributed by atoms with Crippen molar-refractivity contribution in [3.8, 4) is 0 Å². The number of carboxylic acids is 1. The molecule has 1 rings (SSSR count). The van der Waals surface area contributed by atoms with Crippen LogP contribution in [0.5, 0.6) is 0 Å². The van der Waals surface area contributed by atoms with Crippen molar-refractivity contribution in [3.63, 3.8) is 0 Å². The number of hydrogen-bond donors (Lipinski definition) is 2. The van der Waals surface area contributed by atoms with Gasteiger partial charge in [0, 0.05) is 23.9 Å². The Morgan fingerprint density at radius 3 is 2.65 bits per heavy atom. The van der Waals surface area contributed by atoms with Gasteiger partial charge in [-0.2, -0.15) is 0 Å². The highest BCUT2D eigenvalue weighted by Gasteiger charge is 2.20. The van der Waals surface area contributed by atoms with Gasteiger partial charge in [-0.3, -0.25) is 19.7 Å². The lowest BCUT2D eigenvalue weighted by atomic mass is 10.2. The third-order valence-electron chi connectivity index (χ3n) is 2.44. The van der Waals surface area contributed by atoms with Gasteiger partial charge in [-0.15, -0.1) is 11.8 Å². The zero-order chi connectivity index (χ0) is 15.3. The number of carbonyl (C=O) groups is 2. The van der Waals surface area contributed by atoms with Gasteiger partial charge in [0.05, 0.1) is 16.2 Å². The highest BCUT2D eigenvalue weighted by atomic mass is 32.2. The number of nitrogens with zero attached hydrogens (tertiary/aromatic N) is 1. The first kappa shape index (κ1) is 16.0. The highest BCUT2D eigenvalue weighted by Crippen LogP contribution is 2.34. The van der Waals surface area contributed by atoms with E-state index < -0.39 is 10.9 Å². The lowest BCUT2D eigenvalue weighted by Crippen LogP contribution is -2.17. The molecule has 8 heteroatoms. The van der Waals surface area contributed by atoms with Crippen molar-refractivity contribution in [1.82, 2.24) is 5.32 Å². The Bertz CT molecular complexity index is 547. The van der Waals surface area contributed by atoms with E-state index in [4.69, 9.17) is 5.11 Å². The highest BCUT2D eigenvalue weighted by molar-refractivity contribution is 8.00. The number of nitro groups is 1. The predicted octanol–water partition coefficient (Wildman–Crippen LogP) is 1.91. The van der Waals surface area contributed by atoms with Crippen LogP contribution in [0.2, 0.25) is 0 Å². The van der Waals surface area contributed by atoms with Gasteiger partial charge in [0.25, 0.3) is 11.6 Å². The van der Waals surface area contributed by atoms with Crippen LogP contribution < -0.4 is 5.32 Å². The average molecular weight is 298 g/mol. The molecule has 0 aliphatic heterocycles.